The van der Waals surface area contributed by atoms with E-state index in [0.29, 0.717) is 0 Å². The first-order valence-corrected chi connectivity index (χ1v) is 6.88. The maximum absolute atomic E-state index is 5.74. The van der Waals surface area contributed by atoms with Gasteiger partial charge in [-0.2, -0.15) is 0 Å². The average molecular weight is 245 g/mol. The third-order valence-electron chi connectivity index (χ3n) is 3.17. The van der Waals surface area contributed by atoms with Crippen LogP contribution in [0.4, 0.5) is 0 Å². The van der Waals surface area contributed by atoms with E-state index < -0.39 is 0 Å². The van der Waals surface area contributed by atoms with Crippen LogP contribution in [0, 0.1) is 5.92 Å². The number of hydrogen-bond acceptors (Lipinski definition) is 2. The van der Waals surface area contributed by atoms with Gasteiger partial charge in [-0.1, -0.05) is 18.5 Å². The highest BCUT2D eigenvalue weighted by Gasteiger charge is 2.16. The van der Waals surface area contributed by atoms with Gasteiger partial charge >= 0.3 is 0 Å². The zero-order valence-electron chi connectivity index (χ0n) is 10.6. The molecule has 0 atom stereocenters. The molecule has 1 heterocycles. The number of rotatable bonds is 6. The SMILES string of the molecule is CCCN(CC(C)=CCl)CC1CCNCC1. The Morgan fingerprint density at radius 3 is 2.69 bits per heavy atom. The average Bonchev–Trinajstić information content (AvgIpc) is 2.30. The second-order valence-electron chi connectivity index (χ2n) is 4.88. The molecule has 1 rings (SSSR count). The fourth-order valence-electron chi connectivity index (χ4n) is 2.37. The Morgan fingerprint density at radius 2 is 2.12 bits per heavy atom. The Bertz CT molecular complexity index is 210. The molecule has 0 radical (unpaired) electrons. The highest BCUT2D eigenvalue weighted by Crippen LogP contribution is 2.14. The van der Waals surface area contributed by atoms with Crippen molar-refractivity contribution in [2.75, 3.05) is 32.7 Å². The van der Waals surface area contributed by atoms with E-state index in [9.17, 15) is 0 Å². The minimum absolute atomic E-state index is 0.871. The summed E-state index contributed by atoms with van der Waals surface area (Å²) in [6.45, 7) is 10.2. The van der Waals surface area contributed by atoms with Crippen LogP contribution in [0.3, 0.4) is 0 Å². The quantitative estimate of drug-likeness (QED) is 0.773. The zero-order valence-corrected chi connectivity index (χ0v) is 11.4. The molecule has 1 aliphatic rings. The molecule has 0 bridgehead atoms. The van der Waals surface area contributed by atoms with Gasteiger partial charge in [0.1, 0.15) is 0 Å². The van der Waals surface area contributed by atoms with Crippen LogP contribution in [0.2, 0.25) is 0 Å². The molecule has 1 saturated heterocycles. The summed E-state index contributed by atoms with van der Waals surface area (Å²) in [5, 5.41) is 3.42. The lowest BCUT2D eigenvalue weighted by atomic mass is 9.97. The van der Waals surface area contributed by atoms with Crippen molar-refractivity contribution in [2.45, 2.75) is 33.1 Å². The van der Waals surface area contributed by atoms with E-state index in [1.807, 2.05) is 0 Å². The molecule has 16 heavy (non-hydrogen) atoms. The molecule has 1 aliphatic heterocycles. The second-order valence-corrected chi connectivity index (χ2v) is 5.10. The van der Waals surface area contributed by atoms with Crippen LogP contribution in [-0.2, 0) is 0 Å². The van der Waals surface area contributed by atoms with Gasteiger partial charge in [0.2, 0.25) is 0 Å². The monoisotopic (exact) mass is 244 g/mol. The van der Waals surface area contributed by atoms with Crippen LogP contribution in [-0.4, -0.2) is 37.6 Å². The van der Waals surface area contributed by atoms with Crippen LogP contribution in [0.25, 0.3) is 0 Å². The van der Waals surface area contributed by atoms with E-state index in [2.05, 4.69) is 24.1 Å². The summed E-state index contributed by atoms with van der Waals surface area (Å²) in [5.41, 5.74) is 2.98. The van der Waals surface area contributed by atoms with E-state index in [-0.39, 0.29) is 0 Å². The fraction of sp³-hybridized carbons (Fsp3) is 0.846. The van der Waals surface area contributed by atoms with Gasteiger partial charge in [-0.05, 0) is 57.3 Å². The maximum atomic E-state index is 5.74. The molecule has 1 fully saturated rings. The molecular weight excluding hydrogens is 220 g/mol. The Kier molecular flexibility index (Phi) is 7.10. The van der Waals surface area contributed by atoms with Crippen molar-refractivity contribution in [1.82, 2.24) is 10.2 Å². The fourth-order valence-corrected chi connectivity index (χ4v) is 2.44. The number of nitrogens with one attached hydrogen (secondary N) is 1. The van der Waals surface area contributed by atoms with Crippen LogP contribution in [0.5, 0.6) is 0 Å². The molecule has 0 spiro atoms. The first kappa shape index (κ1) is 14.0. The van der Waals surface area contributed by atoms with Crippen LogP contribution in [0.15, 0.2) is 11.1 Å². The molecule has 0 saturated carbocycles. The Morgan fingerprint density at radius 1 is 1.44 bits per heavy atom. The highest BCUT2D eigenvalue weighted by molar-refractivity contribution is 6.25. The Labute approximate surface area is 105 Å². The van der Waals surface area contributed by atoms with E-state index in [0.717, 1.165) is 12.5 Å². The highest BCUT2D eigenvalue weighted by atomic mass is 35.5. The number of halogens is 1. The van der Waals surface area contributed by atoms with E-state index >= 15 is 0 Å². The van der Waals surface area contributed by atoms with E-state index in [1.165, 1.54) is 51.0 Å². The lowest BCUT2D eigenvalue weighted by Gasteiger charge is -2.30. The van der Waals surface area contributed by atoms with Crippen molar-refractivity contribution >= 4 is 11.6 Å². The molecule has 0 unspecified atom stereocenters. The van der Waals surface area contributed by atoms with Crippen LogP contribution in [0.1, 0.15) is 33.1 Å². The molecule has 94 valence electrons. The molecule has 0 amide bonds. The zero-order chi connectivity index (χ0) is 11.8. The summed E-state index contributed by atoms with van der Waals surface area (Å²) in [5.74, 6) is 0.871. The largest absolute Gasteiger partial charge is 0.317 e. The third kappa shape index (κ3) is 5.33. The minimum Gasteiger partial charge on any atom is -0.317 e. The van der Waals surface area contributed by atoms with Gasteiger partial charge < -0.3 is 5.32 Å². The van der Waals surface area contributed by atoms with E-state index in [1.54, 1.807) is 5.54 Å². The molecule has 3 heteroatoms. The predicted octanol–water partition coefficient (Wildman–Crippen LogP) is 2.84. The van der Waals surface area contributed by atoms with Crippen molar-refractivity contribution in [3.05, 3.63) is 11.1 Å². The minimum atomic E-state index is 0.871. The summed E-state index contributed by atoms with van der Waals surface area (Å²) in [4.78, 5) is 2.55. The standard InChI is InChI=1S/C13H25ClN2/c1-3-8-16(10-12(2)9-14)11-13-4-6-15-7-5-13/h9,13,15H,3-8,10-11H2,1-2H3. The van der Waals surface area contributed by atoms with Crippen molar-refractivity contribution in [3.63, 3.8) is 0 Å². The smallest absolute Gasteiger partial charge is 0.0201 e. The Hall–Kier alpha value is -0.0500. The van der Waals surface area contributed by atoms with Crippen LogP contribution >= 0.6 is 11.6 Å². The number of nitrogens with zero attached hydrogens (tertiary/aromatic N) is 1. The maximum Gasteiger partial charge on any atom is 0.0201 e. The molecular formula is C13H25ClN2. The molecule has 1 N–H and O–H groups in total. The first-order chi connectivity index (χ1) is 7.76. The van der Waals surface area contributed by atoms with Gasteiger partial charge in [-0.25, -0.2) is 0 Å². The second kappa shape index (κ2) is 8.10. The van der Waals surface area contributed by atoms with Gasteiger partial charge in [-0.3, -0.25) is 4.90 Å². The molecule has 0 aromatic rings. The third-order valence-corrected chi connectivity index (χ3v) is 3.55. The Balaban J connectivity index is 2.36. The van der Waals surface area contributed by atoms with Gasteiger partial charge in [-0.15, -0.1) is 0 Å². The van der Waals surface area contributed by atoms with Gasteiger partial charge in [0.05, 0.1) is 0 Å². The topological polar surface area (TPSA) is 15.3 Å². The number of piperidine rings is 1. The summed E-state index contributed by atoms with van der Waals surface area (Å²) in [6, 6.07) is 0. The van der Waals surface area contributed by atoms with Gasteiger partial charge in [0.25, 0.3) is 0 Å². The number of hydrogen-bond donors (Lipinski definition) is 1. The molecule has 2 nitrogen and oxygen atoms in total. The summed E-state index contributed by atoms with van der Waals surface area (Å²) in [7, 11) is 0. The summed E-state index contributed by atoms with van der Waals surface area (Å²) in [6.07, 6.45) is 3.87. The van der Waals surface area contributed by atoms with Crippen molar-refractivity contribution in [2.24, 2.45) is 5.92 Å². The molecule has 0 aliphatic carbocycles. The van der Waals surface area contributed by atoms with Crippen molar-refractivity contribution < 1.29 is 0 Å². The predicted molar refractivity (Wildman–Crippen MR) is 71.9 cm³/mol. The normalized spacial score (nSPS) is 19.4. The van der Waals surface area contributed by atoms with Crippen molar-refractivity contribution in [3.8, 4) is 0 Å². The summed E-state index contributed by atoms with van der Waals surface area (Å²) >= 11 is 5.74. The van der Waals surface area contributed by atoms with Crippen molar-refractivity contribution in [1.29, 1.82) is 0 Å². The van der Waals surface area contributed by atoms with Gasteiger partial charge in [0, 0.05) is 18.6 Å². The lowest BCUT2D eigenvalue weighted by molar-refractivity contribution is 0.219. The first-order valence-electron chi connectivity index (χ1n) is 6.45. The molecule has 0 aromatic carbocycles. The lowest BCUT2D eigenvalue weighted by Crippen LogP contribution is -2.37. The van der Waals surface area contributed by atoms with E-state index in [4.69, 9.17) is 11.6 Å². The van der Waals surface area contributed by atoms with Gasteiger partial charge in [0.15, 0.2) is 0 Å². The van der Waals surface area contributed by atoms with Crippen LogP contribution < -0.4 is 5.32 Å². The summed E-state index contributed by atoms with van der Waals surface area (Å²) < 4.78 is 0. The molecule has 0 aromatic heterocycles.